The Balaban J connectivity index is 0.000000225. The summed E-state index contributed by atoms with van der Waals surface area (Å²) >= 11 is 0.951. The second-order valence-corrected chi connectivity index (χ2v) is 4.54. The van der Waals surface area contributed by atoms with Gasteiger partial charge in [0.25, 0.3) is 0 Å². The van der Waals surface area contributed by atoms with E-state index in [1.807, 2.05) is 36.4 Å². The molecule has 0 N–H and O–H groups in total. The lowest BCUT2D eigenvalue weighted by Crippen LogP contribution is -1.96. The molecule has 1 aromatic heterocycles. The van der Waals surface area contributed by atoms with Crippen molar-refractivity contribution in [3.8, 4) is 0 Å². The van der Waals surface area contributed by atoms with E-state index in [2.05, 4.69) is 9.59 Å². The van der Waals surface area contributed by atoms with Gasteiger partial charge in [0, 0.05) is 6.07 Å². The molecular formula is C12H8N4O4S. The Morgan fingerprint density at radius 2 is 1.33 bits per heavy atom. The third-order valence-electron chi connectivity index (χ3n) is 2.40. The van der Waals surface area contributed by atoms with E-state index in [0.29, 0.717) is 4.70 Å². The lowest BCUT2D eigenvalue weighted by atomic mass is 10.2. The highest BCUT2D eigenvalue weighted by Crippen LogP contribution is 2.31. The molecule has 1 heterocycles. The van der Waals surface area contributed by atoms with E-state index < -0.39 is 21.2 Å². The average Bonchev–Trinajstić information content (AvgIpc) is 2.95. The van der Waals surface area contributed by atoms with Gasteiger partial charge in [-0.2, -0.15) is 0 Å². The molecule has 2 aromatic carbocycles. The van der Waals surface area contributed by atoms with Gasteiger partial charge in [0.2, 0.25) is 0 Å². The van der Waals surface area contributed by atoms with Gasteiger partial charge in [-0.05, 0) is 11.5 Å². The minimum Gasteiger partial charge on any atom is -0.258 e. The fraction of sp³-hybridized carbons (Fsp3) is 0. The number of fused-ring (bicyclic) bond motifs is 1. The zero-order chi connectivity index (χ0) is 15.2. The normalized spacial score (nSPS) is 9.71. The maximum Gasteiger partial charge on any atom is 0.348 e. The topological polar surface area (TPSA) is 112 Å². The van der Waals surface area contributed by atoms with Crippen molar-refractivity contribution in [2.75, 3.05) is 0 Å². The summed E-state index contributed by atoms with van der Waals surface area (Å²) in [7, 11) is 0. The van der Waals surface area contributed by atoms with E-state index in [9.17, 15) is 20.2 Å². The van der Waals surface area contributed by atoms with Gasteiger partial charge in [-0.25, -0.2) is 0 Å². The van der Waals surface area contributed by atoms with Gasteiger partial charge >= 0.3 is 11.4 Å². The number of nitro benzene ring substituents is 2. The first-order valence-corrected chi connectivity index (χ1v) is 6.42. The van der Waals surface area contributed by atoms with Crippen molar-refractivity contribution in [1.29, 1.82) is 0 Å². The predicted molar refractivity (Wildman–Crippen MR) is 77.2 cm³/mol. The van der Waals surface area contributed by atoms with Gasteiger partial charge in [-0.15, -0.1) is 5.10 Å². The quantitative estimate of drug-likeness (QED) is 0.530. The first-order valence-electron chi connectivity index (χ1n) is 5.64. The molecule has 0 unspecified atom stereocenters. The Labute approximate surface area is 122 Å². The number of benzene rings is 2. The zero-order valence-corrected chi connectivity index (χ0v) is 11.3. The van der Waals surface area contributed by atoms with E-state index in [1.54, 1.807) is 0 Å². The lowest BCUT2D eigenvalue weighted by Gasteiger charge is -1.93. The molecule has 0 bridgehead atoms. The summed E-state index contributed by atoms with van der Waals surface area (Å²) in [5.74, 6) is 0. The molecule has 9 heteroatoms. The van der Waals surface area contributed by atoms with Crippen molar-refractivity contribution in [2.24, 2.45) is 0 Å². The summed E-state index contributed by atoms with van der Waals surface area (Å²) in [5, 5.41) is 24.7. The van der Waals surface area contributed by atoms with Crippen molar-refractivity contribution in [3.63, 3.8) is 0 Å². The van der Waals surface area contributed by atoms with Crippen LogP contribution in [-0.2, 0) is 0 Å². The van der Waals surface area contributed by atoms with Crippen LogP contribution in [-0.4, -0.2) is 19.4 Å². The van der Waals surface area contributed by atoms with Gasteiger partial charge < -0.3 is 0 Å². The van der Waals surface area contributed by atoms with Crippen LogP contribution in [0.3, 0.4) is 0 Å². The molecule has 0 atom stereocenters. The second-order valence-electron chi connectivity index (χ2n) is 3.75. The van der Waals surface area contributed by atoms with Crippen molar-refractivity contribution >= 4 is 33.1 Å². The summed E-state index contributed by atoms with van der Waals surface area (Å²) in [5.41, 5.74) is -0.823. The number of hydrogen-bond donors (Lipinski definition) is 0. The molecule has 0 aliphatic rings. The molecule has 0 aliphatic carbocycles. The first kappa shape index (κ1) is 14.5. The minimum absolute atomic E-state index is 0.289. The highest BCUT2D eigenvalue weighted by atomic mass is 32.1. The highest BCUT2D eigenvalue weighted by Gasteiger charge is 2.25. The van der Waals surface area contributed by atoms with Crippen molar-refractivity contribution < 1.29 is 9.85 Å². The molecule has 0 radical (unpaired) electrons. The molecule has 0 aliphatic heterocycles. The van der Waals surface area contributed by atoms with Crippen LogP contribution in [0.25, 0.3) is 10.2 Å². The van der Waals surface area contributed by atoms with E-state index in [4.69, 9.17) is 0 Å². The Morgan fingerprint density at radius 1 is 0.857 bits per heavy atom. The molecule has 0 saturated heterocycles. The summed E-state index contributed by atoms with van der Waals surface area (Å²) in [4.78, 5) is 19.5. The summed E-state index contributed by atoms with van der Waals surface area (Å²) in [6, 6.07) is 14.2. The van der Waals surface area contributed by atoms with Crippen LogP contribution in [0.4, 0.5) is 11.4 Å². The summed E-state index contributed by atoms with van der Waals surface area (Å²) in [6.45, 7) is 0. The van der Waals surface area contributed by atoms with E-state index >= 15 is 0 Å². The summed E-state index contributed by atoms with van der Waals surface area (Å²) < 4.78 is 4.00. The van der Waals surface area contributed by atoms with E-state index in [-0.39, 0.29) is 5.52 Å². The van der Waals surface area contributed by atoms with E-state index in [0.717, 1.165) is 23.7 Å². The second kappa shape index (κ2) is 6.48. The Kier molecular flexibility index (Phi) is 4.46. The van der Waals surface area contributed by atoms with Crippen molar-refractivity contribution in [2.45, 2.75) is 0 Å². The van der Waals surface area contributed by atoms with Crippen molar-refractivity contribution in [3.05, 3.63) is 68.8 Å². The number of rotatable bonds is 2. The number of hydrogen-bond acceptors (Lipinski definition) is 7. The van der Waals surface area contributed by atoms with Crippen molar-refractivity contribution in [1.82, 2.24) is 9.59 Å². The standard InChI is InChI=1S/C6H2N4O4S.C6H6/c11-9(12)4-1-3-6(15-8-7-3)2-5(4)10(13)14;1-2-4-6-5-3-1/h1-2H;1-6H. The largest absolute Gasteiger partial charge is 0.348 e. The third-order valence-corrected chi connectivity index (χ3v) is 3.09. The number of aromatic nitrogens is 2. The molecule has 0 spiro atoms. The Morgan fingerprint density at radius 3 is 1.81 bits per heavy atom. The average molecular weight is 304 g/mol. The van der Waals surface area contributed by atoms with Crippen LogP contribution in [0.2, 0.25) is 0 Å². The molecule has 0 fully saturated rings. The number of nitro groups is 2. The monoisotopic (exact) mass is 304 g/mol. The SMILES string of the molecule is O=[N+]([O-])c1cc2nnsc2cc1[N+](=O)[O-].c1ccccc1. The van der Waals surface area contributed by atoms with Crippen LogP contribution >= 0.6 is 11.5 Å². The fourth-order valence-electron chi connectivity index (χ4n) is 1.48. The van der Waals surface area contributed by atoms with Crippen LogP contribution in [0.5, 0.6) is 0 Å². The van der Waals surface area contributed by atoms with Crippen LogP contribution in [0, 0.1) is 20.2 Å². The molecule has 3 aromatic rings. The minimum atomic E-state index is -0.809. The molecule has 8 nitrogen and oxygen atoms in total. The Bertz CT molecular complexity index is 701. The summed E-state index contributed by atoms with van der Waals surface area (Å²) in [6.07, 6.45) is 0. The zero-order valence-electron chi connectivity index (χ0n) is 10.4. The van der Waals surface area contributed by atoms with Gasteiger partial charge in [0.15, 0.2) is 0 Å². The Hall–Kier alpha value is -2.94. The van der Waals surface area contributed by atoms with Gasteiger partial charge in [0.1, 0.15) is 5.52 Å². The predicted octanol–water partition coefficient (Wildman–Crippen LogP) is 3.19. The van der Waals surface area contributed by atoms with Gasteiger partial charge in [0.05, 0.1) is 20.6 Å². The molecule has 21 heavy (non-hydrogen) atoms. The van der Waals surface area contributed by atoms with E-state index in [1.165, 1.54) is 0 Å². The maximum absolute atomic E-state index is 10.6. The highest BCUT2D eigenvalue weighted by molar-refractivity contribution is 7.13. The third kappa shape index (κ3) is 3.54. The number of nitrogens with zero attached hydrogens (tertiary/aromatic N) is 4. The molecule has 106 valence electrons. The molecule has 0 amide bonds. The molecule has 3 rings (SSSR count). The van der Waals surface area contributed by atoms with Crippen LogP contribution < -0.4 is 0 Å². The smallest absolute Gasteiger partial charge is 0.258 e. The lowest BCUT2D eigenvalue weighted by molar-refractivity contribution is -0.422. The molecule has 0 saturated carbocycles. The van der Waals surface area contributed by atoms with Crippen LogP contribution in [0.15, 0.2) is 48.5 Å². The fourth-order valence-corrected chi connectivity index (χ4v) is 2.06. The first-order chi connectivity index (χ1) is 10.1. The maximum atomic E-state index is 10.6. The molecular weight excluding hydrogens is 296 g/mol. The van der Waals surface area contributed by atoms with Crippen LogP contribution in [0.1, 0.15) is 0 Å². The van der Waals surface area contributed by atoms with Gasteiger partial charge in [-0.3, -0.25) is 20.2 Å². The van der Waals surface area contributed by atoms with Gasteiger partial charge in [-0.1, -0.05) is 40.9 Å².